The van der Waals surface area contributed by atoms with Crippen molar-refractivity contribution in [2.75, 3.05) is 30.3 Å². The van der Waals surface area contributed by atoms with Crippen molar-refractivity contribution >= 4 is 27.3 Å². The van der Waals surface area contributed by atoms with Gasteiger partial charge in [0.25, 0.3) is 0 Å². The van der Waals surface area contributed by atoms with E-state index in [2.05, 4.69) is 10.6 Å². The van der Waals surface area contributed by atoms with E-state index in [9.17, 15) is 17.6 Å². The number of hydrogen-bond donors (Lipinski definition) is 2. The van der Waals surface area contributed by atoms with Crippen LogP contribution in [-0.2, 0) is 14.8 Å². The summed E-state index contributed by atoms with van der Waals surface area (Å²) in [6, 6.07) is 10.7. The summed E-state index contributed by atoms with van der Waals surface area (Å²) >= 11 is 0. The average Bonchev–Trinajstić information content (AvgIpc) is 2.64. The second kappa shape index (κ2) is 8.96. The van der Waals surface area contributed by atoms with Crippen LogP contribution in [0.4, 0.5) is 15.8 Å². The molecule has 0 atom stereocenters. The van der Waals surface area contributed by atoms with Crippen molar-refractivity contribution in [2.45, 2.75) is 25.7 Å². The number of rotatable bonds is 8. The van der Waals surface area contributed by atoms with Gasteiger partial charge in [-0.3, -0.25) is 4.79 Å². The van der Waals surface area contributed by atoms with Gasteiger partial charge in [0.1, 0.15) is 5.82 Å². The predicted octanol–water partition coefficient (Wildman–Crippen LogP) is 3.22. The first-order valence-corrected chi connectivity index (χ1v) is 10.1. The predicted molar refractivity (Wildman–Crippen MR) is 105 cm³/mol. The Labute approximate surface area is 159 Å². The molecule has 2 aromatic carbocycles. The molecule has 0 heterocycles. The van der Waals surface area contributed by atoms with Gasteiger partial charge in [0.05, 0.1) is 11.4 Å². The van der Waals surface area contributed by atoms with E-state index >= 15 is 0 Å². The van der Waals surface area contributed by atoms with Gasteiger partial charge in [-0.1, -0.05) is 19.9 Å². The number of nitrogens with one attached hydrogen (secondary N) is 2. The molecule has 0 bridgehead atoms. The first kappa shape index (κ1) is 20.9. The van der Waals surface area contributed by atoms with Crippen molar-refractivity contribution in [1.29, 1.82) is 0 Å². The molecule has 0 saturated heterocycles. The van der Waals surface area contributed by atoms with Crippen molar-refractivity contribution in [3.63, 3.8) is 0 Å². The average molecular weight is 393 g/mol. The number of aryl methyl sites for hydroxylation is 1. The molecule has 8 heteroatoms. The Balaban J connectivity index is 1.97. The van der Waals surface area contributed by atoms with E-state index in [4.69, 9.17) is 0 Å². The van der Waals surface area contributed by atoms with Crippen LogP contribution in [0, 0.1) is 12.7 Å². The summed E-state index contributed by atoms with van der Waals surface area (Å²) in [6.45, 7) is 5.97. The maximum Gasteiger partial charge on any atom is 0.243 e. The molecule has 0 aromatic heterocycles. The van der Waals surface area contributed by atoms with Crippen molar-refractivity contribution in [2.24, 2.45) is 0 Å². The number of halogens is 1. The standard InChI is InChI=1S/C19H24FN3O3S/c1-4-23(5-2)27(25,26)17-10-8-15(9-11-17)22-19(24)13-21-16-7-6-14(3)18(20)12-16/h6-12,21H,4-5,13H2,1-3H3,(H,22,24). The largest absolute Gasteiger partial charge is 0.376 e. The Morgan fingerprint density at radius 1 is 1.04 bits per heavy atom. The zero-order valence-corrected chi connectivity index (χ0v) is 16.4. The minimum absolute atomic E-state index is 0.0397. The quantitative estimate of drug-likeness (QED) is 0.722. The van der Waals surface area contributed by atoms with Crippen LogP contribution in [0.25, 0.3) is 0 Å². The third kappa shape index (κ3) is 5.27. The van der Waals surface area contributed by atoms with Crippen LogP contribution < -0.4 is 10.6 Å². The monoisotopic (exact) mass is 393 g/mol. The van der Waals surface area contributed by atoms with Crippen LogP contribution in [-0.4, -0.2) is 38.3 Å². The minimum atomic E-state index is -3.53. The van der Waals surface area contributed by atoms with Crippen LogP contribution in [0.15, 0.2) is 47.4 Å². The van der Waals surface area contributed by atoms with Gasteiger partial charge in [-0.15, -0.1) is 0 Å². The molecule has 1 amide bonds. The summed E-state index contributed by atoms with van der Waals surface area (Å²) < 4.78 is 39.7. The molecule has 2 rings (SSSR count). The van der Waals surface area contributed by atoms with Crippen LogP contribution in [0.2, 0.25) is 0 Å². The number of nitrogens with zero attached hydrogens (tertiary/aromatic N) is 1. The van der Waals surface area contributed by atoms with Gasteiger partial charge in [0.2, 0.25) is 15.9 Å². The number of sulfonamides is 1. The van der Waals surface area contributed by atoms with Crippen LogP contribution in [0.3, 0.4) is 0 Å². The molecule has 0 aliphatic heterocycles. The molecule has 2 N–H and O–H groups in total. The molecule has 0 unspecified atom stereocenters. The summed E-state index contributed by atoms with van der Waals surface area (Å²) in [4.78, 5) is 12.2. The Hall–Kier alpha value is -2.45. The number of anilines is 2. The lowest BCUT2D eigenvalue weighted by Crippen LogP contribution is -2.30. The topological polar surface area (TPSA) is 78.5 Å². The van der Waals surface area contributed by atoms with E-state index in [-0.39, 0.29) is 23.2 Å². The number of hydrogen-bond acceptors (Lipinski definition) is 4. The summed E-state index contributed by atoms with van der Waals surface area (Å²) in [5.41, 5.74) is 1.52. The Morgan fingerprint density at radius 2 is 1.63 bits per heavy atom. The summed E-state index contributed by atoms with van der Waals surface area (Å²) in [5, 5.41) is 5.51. The maximum absolute atomic E-state index is 13.5. The molecule has 0 spiro atoms. The van der Waals surface area contributed by atoms with Crippen molar-refractivity contribution in [1.82, 2.24) is 4.31 Å². The first-order chi connectivity index (χ1) is 12.8. The van der Waals surface area contributed by atoms with Gasteiger partial charge in [-0.2, -0.15) is 4.31 Å². The fraction of sp³-hybridized carbons (Fsp3) is 0.316. The summed E-state index contributed by atoms with van der Waals surface area (Å²) in [7, 11) is -3.53. The molecule has 0 fully saturated rings. The molecule has 6 nitrogen and oxygen atoms in total. The third-order valence-corrected chi connectivity index (χ3v) is 6.17. The molecule has 146 valence electrons. The molecule has 27 heavy (non-hydrogen) atoms. The molecular weight excluding hydrogens is 369 g/mol. The highest BCUT2D eigenvalue weighted by Crippen LogP contribution is 2.18. The van der Waals surface area contributed by atoms with Gasteiger partial charge in [-0.05, 0) is 48.9 Å². The highest BCUT2D eigenvalue weighted by molar-refractivity contribution is 7.89. The normalized spacial score (nSPS) is 11.4. The maximum atomic E-state index is 13.5. The van der Waals surface area contributed by atoms with E-state index in [1.807, 2.05) is 0 Å². The van der Waals surface area contributed by atoms with Crippen LogP contribution in [0.1, 0.15) is 19.4 Å². The van der Waals surface area contributed by atoms with Crippen molar-refractivity contribution in [3.8, 4) is 0 Å². The molecule has 2 aromatic rings. The highest BCUT2D eigenvalue weighted by Gasteiger charge is 2.21. The fourth-order valence-electron chi connectivity index (χ4n) is 2.51. The second-order valence-corrected chi connectivity index (χ2v) is 7.92. The van der Waals surface area contributed by atoms with E-state index in [0.717, 1.165) is 0 Å². The van der Waals surface area contributed by atoms with Crippen LogP contribution in [0.5, 0.6) is 0 Å². The van der Waals surface area contributed by atoms with E-state index in [1.165, 1.54) is 22.5 Å². The van der Waals surface area contributed by atoms with Crippen molar-refractivity contribution in [3.05, 3.63) is 53.8 Å². The Kier molecular flexibility index (Phi) is 6.92. The summed E-state index contributed by atoms with van der Waals surface area (Å²) in [6.07, 6.45) is 0. The zero-order valence-electron chi connectivity index (χ0n) is 15.6. The fourth-order valence-corrected chi connectivity index (χ4v) is 3.97. The van der Waals surface area contributed by atoms with E-state index in [0.29, 0.717) is 30.0 Å². The lowest BCUT2D eigenvalue weighted by Gasteiger charge is -2.18. The van der Waals surface area contributed by atoms with Gasteiger partial charge < -0.3 is 10.6 Å². The van der Waals surface area contributed by atoms with Gasteiger partial charge in [-0.25, -0.2) is 12.8 Å². The third-order valence-electron chi connectivity index (χ3n) is 4.11. The van der Waals surface area contributed by atoms with Crippen LogP contribution >= 0.6 is 0 Å². The van der Waals surface area contributed by atoms with E-state index < -0.39 is 10.0 Å². The lowest BCUT2D eigenvalue weighted by atomic mass is 10.2. The SMILES string of the molecule is CCN(CC)S(=O)(=O)c1ccc(NC(=O)CNc2ccc(C)c(F)c2)cc1. The number of carbonyl (C=O) groups excluding carboxylic acids is 1. The second-order valence-electron chi connectivity index (χ2n) is 5.98. The van der Waals surface area contributed by atoms with Crippen molar-refractivity contribution < 1.29 is 17.6 Å². The van der Waals surface area contributed by atoms with Gasteiger partial charge in [0, 0.05) is 24.5 Å². The zero-order chi connectivity index (χ0) is 20.0. The first-order valence-electron chi connectivity index (χ1n) is 8.68. The highest BCUT2D eigenvalue weighted by atomic mass is 32.2. The number of carbonyl (C=O) groups is 1. The van der Waals surface area contributed by atoms with Gasteiger partial charge in [0.15, 0.2) is 0 Å². The number of amides is 1. The molecule has 0 radical (unpaired) electrons. The van der Waals surface area contributed by atoms with E-state index in [1.54, 1.807) is 45.0 Å². The lowest BCUT2D eigenvalue weighted by molar-refractivity contribution is -0.114. The smallest absolute Gasteiger partial charge is 0.243 e. The Bertz CT molecular complexity index is 895. The van der Waals surface area contributed by atoms with Gasteiger partial charge >= 0.3 is 0 Å². The minimum Gasteiger partial charge on any atom is -0.376 e. The number of benzene rings is 2. The molecule has 0 aliphatic rings. The Morgan fingerprint density at radius 3 is 2.19 bits per heavy atom. The summed E-state index contributed by atoms with van der Waals surface area (Å²) in [5.74, 6) is -0.666. The molecule has 0 aliphatic carbocycles. The molecule has 0 saturated carbocycles. The molecular formula is C19H24FN3O3S.